The van der Waals surface area contributed by atoms with Gasteiger partial charge in [-0.05, 0) is 55.2 Å². The number of pyridine rings is 1. The summed E-state index contributed by atoms with van der Waals surface area (Å²) in [6.07, 6.45) is -3.01. The van der Waals surface area contributed by atoms with Crippen molar-refractivity contribution >= 4 is 40.9 Å². The summed E-state index contributed by atoms with van der Waals surface area (Å²) in [7, 11) is 0. The number of carbonyl (C=O) groups is 3. The highest BCUT2D eigenvalue weighted by atomic mass is 35.5. The molecule has 6 rings (SSSR count). The van der Waals surface area contributed by atoms with Gasteiger partial charge in [0, 0.05) is 18.2 Å². The third-order valence-electron chi connectivity index (χ3n) is 7.83. The van der Waals surface area contributed by atoms with Crippen molar-refractivity contribution in [3.05, 3.63) is 100 Å². The maximum Gasteiger partial charge on any atom is 0.416 e. The molecular weight excluding hydrogens is 599 g/mol. The summed E-state index contributed by atoms with van der Waals surface area (Å²) >= 11 is 11.7. The van der Waals surface area contributed by atoms with Crippen molar-refractivity contribution in [1.29, 1.82) is 0 Å². The fourth-order valence-corrected chi connectivity index (χ4v) is 6.37. The first kappa shape index (κ1) is 30.0. The van der Waals surface area contributed by atoms with Gasteiger partial charge in [-0.15, -0.1) is 11.6 Å². The van der Waals surface area contributed by atoms with Gasteiger partial charge in [0.05, 0.1) is 34.3 Å². The smallest absolute Gasteiger partial charge is 0.416 e. The van der Waals surface area contributed by atoms with Crippen LogP contribution in [0.15, 0.2) is 66.9 Å². The van der Waals surface area contributed by atoms with Gasteiger partial charge in [-0.3, -0.25) is 14.6 Å². The zero-order valence-corrected chi connectivity index (χ0v) is 23.5. The molecule has 12 heteroatoms. The molecule has 3 aliphatic rings. The van der Waals surface area contributed by atoms with Crippen molar-refractivity contribution in [2.24, 2.45) is 5.41 Å². The second-order valence-electron chi connectivity index (χ2n) is 10.8. The van der Waals surface area contributed by atoms with Crippen LogP contribution >= 0.6 is 23.2 Å². The van der Waals surface area contributed by atoms with Crippen LogP contribution in [0.25, 0.3) is 0 Å². The van der Waals surface area contributed by atoms with Crippen molar-refractivity contribution in [3.63, 3.8) is 0 Å². The van der Waals surface area contributed by atoms with E-state index in [1.165, 1.54) is 23.2 Å². The Morgan fingerprint density at radius 2 is 1.67 bits per heavy atom. The predicted octanol–water partition coefficient (Wildman–Crippen LogP) is 6.42. The number of rotatable bonds is 10. The van der Waals surface area contributed by atoms with E-state index in [2.05, 4.69) is 4.98 Å². The minimum atomic E-state index is -4.55. The molecule has 0 radical (unpaired) electrons. The first-order valence-electron chi connectivity index (χ1n) is 13.0. The molecule has 3 saturated carbocycles. The average molecular weight is 623 g/mol. The highest BCUT2D eigenvalue weighted by Gasteiger charge is 2.75. The predicted molar refractivity (Wildman–Crippen MR) is 145 cm³/mol. The first-order valence-corrected chi connectivity index (χ1v) is 13.9. The van der Waals surface area contributed by atoms with E-state index in [1.807, 2.05) is 0 Å². The summed E-state index contributed by atoms with van der Waals surface area (Å²) in [6.45, 7) is -0.213. The van der Waals surface area contributed by atoms with Crippen molar-refractivity contribution in [2.75, 3.05) is 5.88 Å². The minimum absolute atomic E-state index is 0.0445. The lowest BCUT2D eigenvalue weighted by atomic mass is 9.38. The zero-order valence-electron chi connectivity index (χ0n) is 22.0. The molecule has 1 unspecified atom stereocenters. The Bertz CT molecular complexity index is 1500. The minimum Gasteiger partial charge on any atom is -0.455 e. The third kappa shape index (κ3) is 5.87. The largest absolute Gasteiger partial charge is 0.455 e. The van der Waals surface area contributed by atoms with Crippen LogP contribution in [-0.2, 0) is 33.5 Å². The van der Waals surface area contributed by atoms with E-state index in [9.17, 15) is 31.9 Å². The number of aromatic nitrogens is 1. The third-order valence-corrected chi connectivity index (χ3v) is 8.27. The Balaban J connectivity index is 1.42. The van der Waals surface area contributed by atoms with Gasteiger partial charge in [-0.1, -0.05) is 41.9 Å². The van der Waals surface area contributed by atoms with E-state index < -0.39 is 64.6 Å². The van der Waals surface area contributed by atoms with Gasteiger partial charge in [0.15, 0.2) is 5.78 Å². The number of hydrogen-bond donors (Lipinski definition) is 0. The molecule has 1 aromatic heterocycles. The number of halogens is 6. The molecule has 1 heterocycles. The highest BCUT2D eigenvalue weighted by molar-refractivity contribution is 6.30. The van der Waals surface area contributed by atoms with Gasteiger partial charge in [0.2, 0.25) is 5.91 Å². The molecule has 6 nitrogen and oxygen atoms in total. The Kier molecular flexibility index (Phi) is 8.06. The van der Waals surface area contributed by atoms with Gasteiger partial charge >= 0.3 is 12.1 Å². The number of alkyl halides is 4. The van der Waals surface area contributed by atoms with Crippen LogP contribution in [0.3, 0.4) is 0 Å². The number of hydrogen-bond acceptors (Lipinski definition) is 5. The molecule has 2 bridgehead atoms. The maximum absolute atomic E-state index is 14.6. The van der Waals surface area contributed by atoms with Crippen LogP contribution in [0.5, 0.6) is 0 Å². The molecule has 3 aliphatic carbocycles. The summed E-state index contributed by atoms with van der Waals surface area (Å²) < 4.78 is 59.7. The standard InChI is InChI=1S/C30H24Cl2F4N2O4/c31-12-25(40)38(14-18-6-8-20(9-7-18)30(34,35)36)26(24(39)11-23-22(33)10-21(32)13-37-23)28-15-29(16-28,17-28)42-27(41)19-4-2-1-3-5-19/h1-10,13,26H,11-12,14-17H2. The number of esters is 1. The Labute approximate surface area is 248 Å². The summed E-state index contributed by atoms with van der Waals surface area (Å²) in [5.41, 5.74) is -1.94. The van der Waals surface area contributed by atoms with Gasteiger partial charge in [-0.25, -0.2) is 9.18 Å². The van der Waals surface area contributed by atoms with E-state index in [4.69, 9.17) is 27.9 Å². The van der Waals surface area contributed by atoms with Gasteiger partial charge in [0.25, 0.3) is 0 Å². The van der Waals surface area contributed by atoms with E-state index in [-0.39, 0.29) is 36.5 Å². The molecule has 0 N–H and O–H groups in total. The lowest BCUT2D eigenvalue weighted by molar-refractivity contribution is -0.277. The van der Waals surface area contributed by atoms with E-state index in [0.29, 0.717) is 11.1 Å². The Morgan fingerprint density at radius 3 is 2.24 bits per heavy atom. The summed E-state index contributed by atoms with van der Waals surface area (Å²) in [5, 5.41) is 0.0445. The van der Waals surface area contributed by atoms with Crippen LogP contribution in [0.1, 0.15) is 46.4 Å². The first-order chi connectivity index (χ1) is 19.8. The fourth-order valence-electron chi connectivity index (χ4n) is 6.07. The number of ether oxygens (including phenoxy) is 1. The van der Waals surface area contributed by atoms with Gasteiger partial charge in [0.1, 0.15) is 17.3 Å². The van der Waals surface area contributed by atoms with Crippen LogP contribution < -0.4 is 0 Å². The summed E-state index contributed by atoms with van der Waals surface area (Å²) in [6, 6.07) is 12.5. The molecule has 1 atom stereocenters. The molecule has 220 valence electrons. The quantitative estimate of drug-likeness (QED) is 0.148. The summed E-state index contributed by atoms with van der Waals surface area (Å²) in [4.78, 5) is 44.9. The number of nitrogens with zero attached hydrogens (tertiary/aromatic N) is 2. The number of benzene rings is 2. The molecule has 3 aromatic rings. The van der Waals surface area contributed by atoms with E-state index in [1.54, 1.807) is 30.3 Å². The second-order valence-corrected chi connectivity index (χ2v) is 11.5. The number of amides is 1. The molecule has 42 heavy (non-hydrogen) atoms. The second kappa shape index (κ2) is 11.3. The molecule has 3 fully saturated rings. The van der Waals surface area contributed by atoms with E-state index in [0.717, 1.165) is 18.2 Å². The topological polar surface area (TPSA) is 76.6 Å². The zero-order chi connectivity index (χ0) is 30.3. The average Bonchev–Trinajstić information content (AvgIpc) is 2.91. The molecule has 0 saturated heterocycles. The van der Waals surface area contributed by atoms with Crippen LogP contribution in [0, 0.1) is 11.2 Å². The lowest BCUT2D eigenvalue weighted by Gasteiger charge is -2.71. The number of ketones is 1. The van der Waals surface area contributed by atoms with Gasteiger partial charge < -0.3 is 9.64 Å². The monoisotopic (exact) mass is 622 g/mol. The normalized spacial score (nSPS) is 21.5. The van der Waals surface area contributed by atoms with Crippen LogP contribution in [0.4, 0.5) is 17.6 Å². The fraction of sp³-hybridized carbons (Fsp3) is 0.333. The lowest BCUT2D eigenvalue weighted by Crippen LogP contribution is -2.76. The number of carbonyl (C=O) groups excluding carboxylic acids is 3. The maximum atomic E-state index is 14.6. The molecule has 1 amide bonds. The number of Topliss-reactive ketones (excluding diaryl/α,β-unsaturated/α-hetero) is 1. The van der Waals surface area contributed by atoms with Crippen LogP contribution in [-0.4, -0.2) is 45.1 Å². The Morgan fingerprint density at radius 1 is 1.02 bits per heavy atom. The van der Waals surface area contributed by atoms with Gasteiger partial charge in [-0.2, -0.15) is 13.2 Å². The van der Waals surface area contributed by atoms with Crippen molar-refractivity contribution in [1.82, 2.24) is 9.88 Å². The highest BCUT2D eigenvalue weighted by Crippen LogP contribution is 2.71. The summed E-state index contributed by atoms with van der Waals surface area (Å²) in [5.74, 6) is -2.96. The Hall–Kier alpha value is -3.50. The van der Waals surface area contributed by atoms with Crippen molar-refractivity contribution in [2.45, 2.75) is 50.0 Å². The molecule has 0 spiro atoms. The van der Waals surface area contributed by atoms with Crippen molar-refractivity contribution in [3.8, 4) is 0 Å². The molecule has 2 aromatic carbocycles. The van der Waals surface area contributed by atoms with Crippen molar-refractivity contribution < 1.29 is 36.7 Å². The molecular formula is C30H24Cl2F4N2O4. The molecule has 0 aliphatic heterocycles. The van der Waals surface area contributed by atoms with Crippen LogP contribution in [0.2, 0.25) is 5.02 Å². The SMILES string of the molecule is O=C(OC12CC(C(C(=O)Cc3ncc(Cl)cc3F)N(Cc3ccc(C(F)(F)F)cc3)C(=O)CCl)(C1)C2)c1ccccc1. The van der Waals surface area contributed by atoms with E-state index >= 15 is 0 Å².